The maximum Gasteiger partial charge on any atom is 0.179 e. The Bertz CT molecular complexity index is 526. The fourth-order valence-corrected chi connectivity index (χ4v) is 1.83. The Morgan fingerprint density at radius 1 is 1.24 bits per heavy atom. The fraction of sp³-hybridized carbons (Fsp3) is 0.308. The summed E-state index contributed by atoms with van der Waals surface area (Å²) < 4.78 is 0. The SMILES string of the molecule is CCCc1cc(Cl)nc(-c2cc(C)ccn2)n1. The standard InChI is InChI=1S/C13H14ClN3/c1-3-4-10-8-12(14)17-13(16-10)11-7-9(2)5-6-15-11/h5-8H,3-4H2,1-2H3. The summed E-state index contributed by atoms with van der Waals surface area (Å²) in [7, 11) is 0. The highest BCUT2D eigenvalue weighted by Gasteiger charge is 2.06. The largest absolute Gasteiger partial charge is 0.253 e. The average molecular weight is 248 g/mol. The first-order valence-corrected chi connectivity index (χ1v) is 6.03. The molecule has 0 aliphatic heterocycles. The summed E-state index contributed by atoms with van der Waals surface area (Å²) in [5.41, 5.74) is 2.87. The highest BCUT2D eigenvalue weighted by molar-refractivity contribution is 6.29. The molecule has 3 nitrogen and oxygen atoms in total. The quantitative estimate of drug-likeness (QED) is 0.780. The number of hydrogen-bond donors (Lipinski definition) is 0. The molecule has 0 saturated heterocycles. The van der Waals surface area contributed by atoms with Gasteiger partial charge in [-0.2, -0.15) is 0 Å². The molecule has 2 rings (SSSR count). The van der Waals surface area contributed by atoms with Gasteiger partial charge in [-0.1, -0.05) is 24.9 Å². The Labute approximate surface area is 106 Å². The molecule has 2 aromatic rings. The summed E-state index contributed by atoms with van der Waals surface area (Å²) in [6.07, 6.45) is 3.70. The van der Waals surface area contributed by atoms with E-state index in [4.69, 9.17) is 11.6 Å². The van der Waals surface area contributed by atoms with E-state index in [1.807, 2.05) is 25.1 Å². The maximum atomic E-state index is 6.00. The number of aryl methyl sites for hydroxylation is 2. The third-order valence-corrected chi connectivity index (χ3v) is 2.59. The molecule has 0 aliphatic carbocycles. The van der Waals surface area contributed by atoms with Gasteiger partial charge in [-0.3, -0.25) is 4.98 Å². The van der Waals surface area contributed by atoms with Crippen LogP contribution in [0.25, 0.3) is 11.5 Å². The van der Waals surface area contributed by atoms with E-state index in [0.29, 0.717) is 11.0 Å². The van der Waals surface area contributed by atoms with E-state index in [0.717, 1.165) is 29.8 Å². The van der Waals surface area contributed by atoms with Crippen LogP contribution in [0.15, 0.2) is 24.4 Å². The van der Waals surface area contributed by atoms with Gasteiger partial charge in [0.2, 0.25) is 0 Å². The maximum absolute atomic E-state index is 6.00. The van der Waals surface area contributed by atoms with E-state index in [1.54, 1.807) is 6.20 Å². The van der Waals surface area contributed by atoms with Gasteiger partial charge < -0.3 is 0 Å². The summed E-state index contributed by atoms with van der Waals surface area (Å²) in [5.74, 6) is 0.602. The molecule has 0 atom stereocenters. The van der Waals surface area contributed by atoms with Gasteiger partial charge in [0.05, 0.1) is 0 Å². The van der Waals surface area contributed by atoms with Gasteiger partial charge in [-0.05, 0) is 37.1 Å². The predicted molar refractivity (Wildman–Crippen MR) is 69.0 cm³/mol. The van der Waals surface area contributed by atoms with Gasteiger partial charge in [0.1, 0.15) is 10.8 Å². The molecule has 17 heavy (non-hydrogen) atoms. The number of rotatable bonds is 3. The number of nitrogens with zero attached hydrogens (tertiary/aromatic N) is 3. The van der Waals surface area contributed by atoms with Gasteiger partial charge >= 0.3 is 0 Å². The lowest BCUT2D eigenvalue weighted by atomic mass is 10.2. The van der Waals surface area contributed by atoms with Crippen molar-refractivity contribution in [3.63, 3.8) is 0 Å². The second kappa shape index (κ2) is 5.23. The monoisotopic (exact) mass is 247 g/mol. The Hall–Kier alpha value is -1.48. The van der Waals surface area contributed by atoms with Crippen molar-refractivity contribution in [2.75, 3.05) is 0 Å². The van der Waals surface area contributed by atoms with Crippen LogP contribution in [0.4, 0.5) is 0 Å². The van der Waals surface area contributed by atoms with Gasteiger partial charge in [0, 0.05) is 11.9 Å². The number of pyridine rings is 1. The minimum Gasteiger partial charge on any atom is -0.253 e. The van der Waals surface area contributed by atoms with Crippen LogP contribution in [0.2, 0.25) is 5.15 Å². The Morgan fingerprint density at radius 2 is 2.06 bits per heavy atom. The van der Waals surface area contributed by atoms with E-state index < -0.39 is 0 Å². The molecule has 0 saturated carbocycles. The zero-order valence-electron chi connectivity index (χ0n) is 9.94. The molecule has 0 spiro atoms. The summed E-state index contributed by atoms with van der Waals surface area (Å²) in [5, 5.41) is 0.474. The lowest BCUT2D eigenvalue weighted by molar-refractivity contribution is 0.874. The molecular formula is C13H14ClN3. The molecule has 2 aromatic heterocycles. The molecule has 0 fully saturated rings. The van der Waals surface area contributed by atoms with Gasteiger partial charge in [0.25, 0.3) is 0 Å². The van der Waals surface area contributed by atoms with Crippen molar-refractivity contribution >= 4 is 11.6 Å². The Morgan fingerprint density at radius 3 is 2.76 bits per heavy atom. The minimum absolute atomic E-state index is 0.474. The van der Waals surface area contributed by atoms with Crippen molar-refractivity contribution in [2.24, 2.45) is 0 Å². The summed E-state index contributed by atoms with van der Waals surface area (Å²) in [6.45, 7) is 4.13. The second-order valence-electron chi connectivity index (χ2n) is 3.97. The summed E-state index contributed by atoms with van der Waals surface area (Å²) in [6, 6.07) is 5.72. The molecule has 88 valence electrons. The highest BCUT2D eigenvalue weighted by Crippen LogP contribution is 2.17. The van der Waals surface area contributed by atoms with Crippen molar-refractivity contribution in [3.05, 3.63) is 40.8 Å². The third-order valence-electron chi connectivity index (χ3n) is 2.40. The molecule has 0 aromatic carbocycles. The molecule has 0 radical (unpaired) electrons. The predicted octanol–water partition coefficient (Wildman–Crippen LogP) is 3.45. The minimum atomic E-state index is 0.474. The van der Waals surface area contributed by atoms with Gasteiger partial charge in [0.15, 0.2) is 5.82 Å². The van der Waals surface area contributed by atoms with Crippen LogP contribution in [0.1, 0.15) is 24.6 Å². The topological polar surface area (TPSA) is 38.7 Å². The molecule has 0 N–H and O–H groups in total. The second-order valence-corrected chi connectivity index (χ2v) is 4.36. The van der Waals surface area contributed by atoms with E-state index in [2.05, 4.69) is 21.9 Å². The van der Waals surface area contributed by atoms with Crippen molar-refractivity contribution in [2.45, 2.75) is 26.7 Å². The first kappa shape index (κ1) is 12.0. The normalized spacial score (nSPS) is 10.5. The smallest absolute Gasteiger partial charge is 0.179 e. The van der Waals surface area contributed by atoms with Crippen LogP contribution in [0.3, 0.4) is 0 Å². The summed E-state index contributed by atoms with van der Waals surface area (Å²) >= 11 is 6.00. The highest BCUT2D eigenvalue weighted by atomic mass is 35.5. The van der Waals surface area contributed by atoms with Crippen molar-refractivity contribution < 1.29 is 0 Å². The first-order valence-electron chi connectivity index (χ1n) is 5.65. The van der Waals surface area contributed by atoms with E-state index in [1.165, 1.54) is 0 Å². The van der Waals surface area contributed by atoms with E-state index in [9.17, 15) is 0 Å². The van der Waals surface area contributed by atoms with Crippen molar-refractivity contribution in [1.29, 1.82) is 0 Å². The van der Waals surface area contributed by atoms with Gasteiger partial charge in [-0.15, -0.1) is 0 Å². The summed E-state index contributed by atoms with van der Waals surface area (Å²) in [4.78, 5) is 13.0. The van der Waals surface area contributed by atoms with Crippen LogP contribution >= 0.6 is 11.6 Å². The van der Waals surface area contributed by atoms with Crippen molar-refractivity contribution in [3.8, 4) is 11.5 Å². The Balaban J connectivity index is 2.44. The number of hydrogen-bond acceptors (Lipinski definition) is 3. The molecule has 2 heterocycles. The van der Waals surface area contributed by atoms with Crippen LogP contribution in [0.5, 0.6) is 0 Å². The molecule has 0 aliphatic rings. The molecule has 0 bridgehead atoms. The van der Waals surface area contributed by atoms with Gasteiger partial charge in [-0.25, -0.2) is 9.97 Å². The molecular weight excluding hydrogens is 234 g/mol. The average Bonchev–Trinajstić information content (AvgIpc) is 2.28. The third kappa shape index (κ3) is 3.01. The van der Waals surface area contributed by atoms with Crippen LogP contribution in [-0.2, 0) is 6.42 Å². The lowest BCUT2D eigenvalue weighted by Gasteiger charge is -2.04. The molecule has 4 heteroatoms. The lowest BCUT2D eigenvalue weighted by Crippen LogP contribution is -1.97. The Kier molecular flexibility index (Phi) is 3.69. The van der Waals surface area contributed by atoms with E-state index in [-0.39, 0.29) is 0 Å². The van der Waals surface area contributed by atoms with E-state index >= 15 is 0 Å². The van der Waals surface area contributed by atoms with Crippen LogP contribution < -0.4 is 0 Å². The fourth-order valence-electron chi connectivity index (χ4n) is 1.62. The zero-order chi connectivity index (χ0) is 12.3. The van der Waals surface area contributed by atoms with Crippen LogP contribution in [-0.4, -0.2) is 15.0 Å². The zero-order valence-corrected chi connectivity index (χ0v) is 10.7. The number of aromatic nitrogens is 3. The molecule has 0 amide bonds. The first-order chi connectivity index (χ1) is 8.19. The van der Waals surface area contributed by atoms with Crippen LogP contribution in [0, 0.1) is 6.92 Å². The molecule has 0 unspecified atom stereocenters. The number of halogens is 1. The van der Waals surface area contributed by atoms with Crippen molar-refractivity contribution in [1.82, 2.24) is 15.0 Å².